The zero-order valence-electron chi connectivity index (χ0n) is 19.0. The fraction of sp³-hybridized carbons (Fsp3) is 0.360. The van der Waals surface area contributed by atoms with Crippen LogP contribution < -0.4 is 4.74 Å². The normalized spacial score (nSPS) is 14.5. The molecule has 2 aromatic carbocycles. The second-order valence-corrected chi connectivity index (χ2v) is 8.96. The van der Waals surface area contributed by atoms with Crippen LogP contribution in [0.3, 0.4) is 0 Å². The number of ether oxygens (including phenoxy) is 1. The molecule has 0 aliphatic heterocycles. The third-order valence-electron chi connectivity index (χ3n) is 4.88. The van der Waals surface area contributed by atoms with Gasteiger partial charge in [0.05, 0.1) is 18.4 Å². The second kappa shape index (κ2) is 8.46. The summed E-state index contributed by atoms with van der Waals surface area (Å²) in [6.07, 6.45) is 1.63. The van der Waals surface area contributed by atoms with Gasteiger partial charge in [-0.2, -0.15) is 4.98 Å². The fourth-order valence-corrected chi connectivity index (χ4v) is 3.54. The molecule has 4 rings (SSSR count). The molecular formula is C25H26N4O3. The highest BCUT2D eigenvalue weighted by molar-refractivity contribution is 6.05. The average Bonchev–Trinajstić information content (AvgIpc) is 3.39. The monoisotopic (exact) mass is 430 g/mol. The van der Waals surface area contributed by atoms with Gasteiger partial charge in [0.15, 0.2) is 0 Å². The molecule has 7 nitrogen and oxygen atoms in total. The quantitative estimate of drug-likeness (QED) is 0.355. The lowest BCUT2D eigenvalue weighted by atomic mass is 10.0. The summed E-state index contributed by atoms with van der Waals surface area (Å²) < 4.78 is 11.2. The Bertz CT molecular complexity index is 1210. The average molecular weight is 431 g/mol. The van der Waals surface area contributed by atoms with Crippen molar-refractivity contribution in [3.8, 4) is 28.6 Å². The lowest BCUT2D eigenvalue weighted by Gasteiger charge is -2.16. The first-order chi connectivity index (χ1) is 15.2. The second-order valence-electron chi connectivity index (χ2n) is 8.96. The van der Waals surface area contributed by atoms with Crippen LogP contribution in [0, 0.1) is 6.57 Å². The number of hydrogen-bond donors (Lipinski definition) is 0. The molecule has 1 aromatic heterocycles. The molecule has 0 saturated heterocycles. The topological polar surface area (TPSA) is 74.1 Å². The maximum absolute atomic E-state index is 7.46. The van der Waals surface area contributed by atoms with E-state index in [1.807, 2.05) is 58.9 Å². The number of aromatic nitrogens is 2. The van der Waals surface area contributed by atoms with Crippen molar-refractivity contribution in [1.29, 1.82) is 0 Å². The van der Waals surface area contributed by atoms with Crippen molar-refractivity contribution in [1.82, 2.24) is 10.1 Å². The van der Waals surface area contributed by atoms with Crippen LogP contribution in [0.25, 0.3) is 27.7 Å². The molecule has 0 N–H and O–H groups in total. The highest BCUT2D eigenvalue weighted by Gasteiger charge is 2.25. The van der Waals surface area contributed by atoms with Gasteiger partial charge < -0.3 is 14.1 Å². The first kappa shape index (κ1) is 21.6. The Morgan fingerprint density at radius 1 is 1.12 bits per heavy atom. The smallest absolute Gasteiger partial charge is 0.256 e. The maximum atomic E-state index is 7.46. The summed E-state index contributed by atoms with van der Waals surface area (Å²) in [4.78, 5) is 13.8. The summed E-state index contributed by atoms with van der Waals surface area (Å²) in [7, 11) is 0. The van der Waals surface area contributed by atoms with Crippen molar-refractivity contribution >= 4 is 11.4 Å². The van der Waals surface area contributed by atoms with Crippen LogP contribution in [0.15, 0.2) is 46.1 Å². The van der Waals surface area contributed by atoms with Crippen molar-refractivity contribution in [2.75, 3.05) is 0 Å². The van der Waals surface area contributed by atoms with Crippen molar-refractivity contribution < 1.29 is 14.1 Å². The first-order valence-corrected chi connectivity index (χ1v) is 10.6. The van der Waals surface area contributed by atoms with Crippen LogP contribution >= 0.6 is 0 Å². The van der Waals surface area contributed by atoms with Crippen molar-refractivity contribution in [2.45, 2.75) is 59.2 Å². The number of benzene rings is 2. The number of fused-ring (bicyclic) bond motifs is 1. The van der Waals surface area contributed by atoms with E-state index in [-0.39, 0.29) is 11.7 Å². The SMILES string of the molecule is [C-]#[N+]c1cc(-c2nc(-c3cccc4c3CC/C4=N/OC(C)(C)C)no2)ccc1OC(C)C. The van der Waals surface area contributed by atoms with Gasteiger partial charge in [0.1, 0.15) is 11.4 Å². The molecule has 0 spiro atoms. The van der Waals surface area contributed by atoms with E-state index in [1.165, 1.54) is 0 Å². The zero-order chi connectivity index (χ0) is 22.9. The molecule has 0 fully saturated rings. The highest BCUT2D eigenvalue weighted by atomic mass is 16.6. The summed E-state index contributed by atoms with van der Waals surface area (Å²) in [5.74, 6) is 1.42. The summed E-state index contributed by atoms with van der Waals surface area (Å²) in [6, 6.07) is 11.3. The minimum absolute atomic E-state index is 0.0150. The van der Waals surface area contributed by atoms with Gasteiger partial charge in [-0.1, -0.05) is 28.5 Å². The highest BCUT2D eigenvalue weighted by Crippen LogP contribution is 2.35. The predicted octanol–water partition coefficient (Wildman–Crippen LogP) is 6.21. The maximum Gasteiger partial charge on any atom is 0.256 e. The largest absolute Gasteiger partial charge is 0.502 e. The van der Waals surface area contributed by atoms with Crippen molar-refractivity contribution in [3.63, 3.8) is 0 Å². The van der Waals surface area contributed by atoms with Crippen LogP contribution in [-0.2, 0) is 11.3 Å². The van der Waals surface area contributed by atoms with Crippen molar-refractivity contribution in [2.24, 2.45) is 5.16 Å². The number of oxime groups is 1. The van der Waals surface area contributed by atoms with Crippen molar-refractivity contribution in [3.05, 3.63) is 58.9 Å². The zero-order valence-corrected chi connectivity index (χ0v) is 19.0. The minimum atomic E-state index is -0.337. The van der Waals surface area contributed by atoms with E-state index in [0.29, 0.717) is 28.7 Å². The molecule has 1 aliphatic carbocycles. The van der Waals surface area contributed by atoms with Crippen LogP contribution in [0.1, 0.15) is 52.2 Å². The minimum Gasteiger partial charge on any atom is -0.502 e. The van der Waals surface area contributed by atoms with E-state index < -0.39 is 0 Å². The molecule has 0 atom stereocenters. The molecule has 0 saturated carbocycles. The molecule has 1 aliphatic rings. The van der Waals surface area contributed by atoms with Gasteiger partial charge >= 0.3 is 0 Å². The first-order valence-electron chi connectivity index (χ1n) is 10.6. The van der Waals surface area contributed by atoms with Crippen LogP contribution in [-0.4, -0.2) is 27.6 Å². The Balaban J connectivity index is 1.65. The molecule has 0 unspecified atom stereocenters. The van der Waals surface area contributed by atoms with Gasteiger partial charge in [0.2, 0.25) is 11.5 Å². The Morgan fingerprint density at radius 2 is 1.91 bits per heavy atom. The molecule has 3 aromatic rings. The van der Waals surface area contributed by atoms with E-state index in [9.17, 15) is 0 Å². The van der Waals surface area contributed by atoms with Gasteiger partial charge in [-0.25, -0.2) is 4.85 Å². The lowest BCUT2D eigenvalue weighted by molar-refractivity contribution is 0.000799. The molecule has 0 radical (unpaired) electrons. The third kappa shape index (κ3) is 4.50. The molecule has 32 heavy (non-hydrogen) atoms. The van der Waals surface area contributed by atoms with Gasteiger partial charge in [-0.3, -0.25) is 0 Å². The van der Waals surface area contributed by atoms with E-state index >= 15 is 0 Å². The number of hydrogen-bond acceptors (Lipinski definition) is 6. The van der Waals surface area contributed by atoms with Gasteiger partial charge in [0, 0.05) is 16.7 Å². The summed E-state index contributed by atoms with van der Waals surface area (Å²) in [5.41, 5.74) is 4.81. The van der Waals surface area contributed by atoms with Gasteiger partial charge in [0.25, 0.3) is 5.89 Å². The molecule has 164 valence electrons. The number of rotatable bonds is 5. The van der Waals surface area contributed by atoms with E-state index in [4.69, 9.17) is 20.7 Å². The Labute approximate surface area is 187 Å². The van der Waals surface area contributed by atoms with Gasteiger partial charge in [-0.05, 0) is 71.2 Å². The van der Waals surface area contributed by atoms with E-state index in [0.717, 1.165) is 35.2 Å². The predicted molar refractivity (Wildman–Crippen MR) is 123 cm³/mol. The molecular weight excluding hydrogens is 404 g/mol. The Morgan fingerprint density at radius 3 is 2.62 bits per heavy atom. The third-order valence-corrected chi connectivity index (χ3v) is 4.88. The lowest BCUT2D eigenvalue weighted by Crippen LogP contribution is -2.16. The van der Waals surface area contributed by atoms with Crippen LogP contribution in [0.4, 0.5) is 5.69 Å². The Hall–Kier alpha value is -3.66. The van der Waals surface area contributed by atoms with Crippen LogP contribution in [0.2, 0.25) is 0 Å². The fourth-order valence-electron chi connectivity index (χ4n) is 3.54. The number of nitrogens with zero attached hydrogens (tertiary/aromatic N) is 4. The van der Waals surface area contributed by atoms with Crippen LogP contribution in [0.5, 0.6) is 5.75 Å². The Kier molecular flexibility index (Phi) is 5.70. The summed E-state index contributed by atoms with van der Waals surface area (Å²) in [5, 5.41) is 8.59. The summed E-state index contributed by atoms with van der Waals surface area (Å²) in [6.45, 7) is 17.2. The van der Waals surface area contributed by atoms with E-state index in [1.54, 1.807) is 12.1 Å². The molecule has 0 bridgehead atoms. The molecule has 0 amide bonds. The standard InChI is InChI=1S/C25H26N4O3/c1-15(2)30-22-13-10-16(14-21(22)26-6)24-27-23(29-31-24)19-9-7-8-18-17(19)11-12-20(18)28-32-25(3,4)5/h7-10,13-15H,11-12H2,1-5H3/b28-20-. The molecule has 1 heterocycles. The van der Waals surface area contributed by atoms with E-state index in [2.05, 4.69) is 20.1 Å². The van der Waals surface area contributed by atoms with Gasteiger partial charge in [-0.15, -0.1) is 0 Å². The molecule has 7 heteroatoms. The summed E-state index contributed by atoms with van der Waals surface area (Å²) >= 11 is 0.